The third-order valence-electron chi connectivity index (χ3n) is 6.36. The lowest BCUT2D eigenvalue weighted by Crippen LogP contribution is -2.61. The quantitative estimate of drug-likeness (QED) is 0.877. The molecule has 3 heterocycles. The lowest BCUT2D eigenvalue weighted by Gasteiger charge is -2.49. The molecule has 2 N–H and O–H groups in total. The molecule has 1 amide bonds. The molecule has 0 radical (unpaired) electrons. The molecular weight excluding hydrogens is 328 g/mol. The Bertz CT molecular complexity index is 670. The van der Waals surface area contributed by atoms with Crippen molar-refractivity contribution in [2.75, 3.05) is 50.4 Å². The summed E-state index contributed by atoms with van der Waals surface area (Å²) in [6.07, 6.45) is 5.17. The van der Waals surface area contributed by atoms with Crippen LogP contribution in [0.2, 0.25) is 0 Å². The standard InChI is InChI=1S/C19H30N6O/c1-14-11-16(22-18(20)21-14)25-10-9-23(2)19(13-25)6-5-17(26)24(8-7-19)12-15-3-4-15/h11,15H,3-10,12-13H2,1-2H3,(H2,20,21,22). The summed E-state index contributed by atoms with van der Waals surface area (Å²) in [6, 6.07) is 2.01. The molecule has 142 valence electrons. The minimum Gasteiger partial charge on any atom is -0.368 e. The third-order valence-corrected chi connectivity index (χ3v) is 6.36. The van der Waals surface area contributed by atoms with Gasteiger partial charge in [0.2, 0.25) is 11.9 Å². The van der Waals surface area contributed by atoms with Crippen molar-refractivity contribution in [3.63, 3.8) is 0 Å². The van der Waals surface area contributed by atoms with Crippen LogP contribution in [-0.4, -0.2) is 71.0 Å². The molecule has 1 aromatic rings. The number of carbonyl (C=O) groups excluding carboxylic acids is 1. The van der Waals surface area contributed by atoms with Gasteiger partial charge in [0.15, 0.2) is 0 Å². The first-order valence-corrected chi connectivity index (χ1v) is 9.80. The fraction of sp³-hybridized carbons (Fsp3) is 0.737. The Morgan fingerprint density at radius 2 is 2.04 bits per heavy atom. The first-order chi connectivity index (χ1) is 12.4. The molecule has 0 aromatic carbocycles. The zero-order valence-electron chi connectivity index (χ0n) is 15.9. The second-order valence-corrected chi connectivity index (χ2v) is 8.33. The number of likely N-dealkylation sites (N-methyl/N-ethyl adjacent to an activating group) is 1. The fourth-order valence-corrected chi connectivity index (χ4v) is 4.43. The molecule has 1 spiro atoms. The summed E-state index contributed by atoms with van der Waals surface area (Å²) in [5.74, 6) is 2.33. The topological polar surface area (TPSA) is 78.6 Å². The van der Waals surface area contributed by atoms with Gasteiger partial charge in [-0.2, -0.15) is 4.98 Å². The van der Waals surface area contributed by atoms with Crippen LogP contribution in [0.5, 0.6) is 0 Å². The van der Waals surface area contributed by atoms with Gasteiger partial charge >= 0.3 is 0 Å². The predicted octanol–water partition coefficient (Wildman–Crippen LogP) is 1.28. The summed E-state index contributed by atoms with van der Waals surface area (Å²) in [7, 11) is 2.21. The Morgan fingerprint density at radius 1 is 1.23 bits per heavy atom. The number of amides is 1. The molecule has 2 aliphatic heterocycles. The van der Waals surface area contributed by atoms with Gasteiger partial charge in [-0.05, 0) is 45.6 Å². The molecule has 3 aliphatic rings. The number of hydrogen-bond donors (Lipinski definition) is 1. The maximum atomic E-state index is 12.6. The van der Waals surface area contributed by atoms with Gasteiger partial charge in [0, 0.05) is 56.4 Å². The van der Waals surface area contributed by atoms with Crippen LogP contribution in [0.25, 0.3) is 0 Å². The second-order valence-electron chi connectivity index (χ2n) is 8.33. The average Bonchev–Trinajstić information content (AvgIpc) is 3.42. The molecule has 1 unspecified atom stereocenters. The number of rotatable bonds is 3. The molecule has 7 heteroatoms. The number of aryl methyl sites for hydroxylation is 1. The Balaban J connectivity index is 1.52. The normalized spacial score (nSPS) is 27.8. The van der Waals surface area contributed by atoms with E-state index in [9.17, 15) is 4.79 Å². The van der Waals surface area contributed by atoms with Crippen LogP contribution >= 0.6 is 0 Å². The number of aromatic nitrogens is 2. The van der Waals surface area contributed by atoms with Crippen LogP contribution in [-0.2, 0) is 4.79 Å². The van der Waals surface area contributed by atoms with Crippen molar-refractivity contribution in [3.05, 3.63) is 11.8 Å². The van der Waals surface area contributed by atoms with Crippen molar-refractivity contribution in [1.29, 1.82) is 0 Å². The molecule has 26 heavy (non-hydrogen) atoms. The molecule has 0 bridgehead atoms. The maximum absolute atomic E-state index is 12.6. The van der Waals surface area contributed by atoms with Crippen LogP contribution in [0.4, 0.5) is 11.8 Å². The first kappa shape index (κ1) is 17.5. The number of anilines is 2. The minimum absolute atomic E-state index is 0.0276. The van der Waals surface area contributed by atoms with Crippen LogP contribution in [0.3, 0.4) is 0 Å². The van der Waals surface area contributed by atoms with Gasteiger partial charge in [-0.15, -0.1) is 0 Å². The largest absolute Gasteiger partial charge is 0.368 e. The summed E-state index contributed by atoms with van der Waals surface area (Å²) in [5.41, 5.74) is 6.79. The summed E-state index contributed by atoms with van der Waals surface area (Å²) >= 11 is 0. The molecule has 7 nitrogen and oxygen atoms in total. The van der Waals surface area contributed by atoms with Gasteiger partial charge < -0.3 is 15.5 Å². The highest BCUT2D eigenvalue weighted by Gasteiger charge is 2.43. The van der Waals surface area contributed by atoms with E-state index in [0.29, 0.717) is 18.3 Å². The summed E-state index contributed by atoms with van der Waals surface area (Å²) < 4.78 is 0. The second kappa shape index (κ2) is 6.68. The molecule has 1 aromatic heterocycles. The summed E-state index contributed by atoms with van der Waals surface area (Å²) in [4.78, 5) is 28.2. The van der Waals surface area contributed by atoms with E-state index in [1.807, 2.05) is 13.0 Å². The SMILES string of the molecule is Cc1cc(N2CCN(C)C3(CCC(=O)N(CC4CC4)CC3)C2)nc(N)n1. The van der Waals surface area contributed by atoms with E-state index in [1.54, 1.807) is 0 Å². The number of piperazine rings is 1. The Hall–Kier alpha value is -1.89. The van der Waals surface area contributed by atoms with Crippen molar-refractivity contribution in [2.24, 2.45) is 5.92 Å². The number of nitrogens with two attached hydrogens (primary N) is 1. The molecule has 1 aliphatic carbocycles. The van der Waals surface area contributed by atoms with E-state index in [4.69, 9.17) is 5.73 Å². The van der Waals surface area contributed by atoms with Gasteiger partial charge in [0.25, 0.3) is 0 Å². The third kappa shape index (κ3) is 3.49. The molecule has 4 rings (SSSR count). The van der Waals surface area contributed by atoms with Crippen molar-refractivity contribution in [2.45, 2.75) is 44.6 Å². The van der Waals surface area contributed by atoms with Gasteiger partial charge in [-0.3, -0.25) is 9.69 Å². The molecule has 3 fully saturated rings. The molecule has 1 atom stereocenters. The summed E-state index contributed by atoms with van der Waals surface area (Å²) in [6.45, 7) is 6.58. The number of nitrogens with zero attached hydrogens (tertiary/aromatic N) is 5. The van der Waals surface area contributed by atoms with Gasteiger partial charge in [-0.1, -0.05) is 0 Å². The van der Waals surface area contributed by atoms with Crippen molar-refractivity contribution < 1.29 is 4.79 Å². The Labute approximate surface area is 155 Å². The van der Waals surface area contributed by atoms with Crippen LogP contribution in [0, 0.1) is 12.8 Å². The minimum atomic E-state index is 0.0276. The van der Waals surface area contributed by atoms with E-state index < -0.39 is 0 Å². The monoisotopic (exact) mass is 358 g/mol. The molecular formula is C19H30N6O. The van der Waals surface area contributed by atoms with Crippen LogP contribution in [0.1, 0.15) is 37.8 Å². The van der Waals surface area contributed by atoms with E-state index in [2.05, 4.69) is 31.7 Å². The van der Waals surface area contributed by atoms with Crippen molar-refractivity contribution >= 4 is 17.7 Å². The lowest BCUT2D eigenvalue weighted by molar-refractivity contribution is -0.130. The number of carbonyl (C=O) groups is 1. The maximum Gasteiger partial charge on any atom is 0.222 e. The summed E-state index contributed by atoms with van der Waals surface area (Å²) in [5, 5.41) is 0. The highest BCUT2D eigenvalue weighted by Crippen LogP contribution is 2.36. The first-order valence-electron chi connectivity index (χ1n) is 9.80. The number of likely N-dealkylation sites (tertiary alicyclic amines) is 1. The smallest absolute Gasteiger partial charge is 0.222 e. The molecule has 2 saturated heterocycles. The predicted molar refractivity (Wildman–Crippen MR) is 102 cm³/mol. The van der Waals surface area contributed by atoms with E-state index >= 15 is 0 Å². The fourth-order valence-electron chi connectivity index (χ4n) is 4.43. The van der Waals surface area contributed by atoms with Crippen molar-refractivity contribution in [1.82, 2.24) is 19.8 Å². The van der Waals surface area contributed by atoms with E-state index in [0.717, 1.165) is 63.0 Å². The Kier molecular flexibility index (Phi) is 4.50. The zero-order chi connectivity index (χ0) is 18.3. The van der Waals surface area contributed by atoms with Crippen molar-refractivity contribution in [3.8, 4) is 0 Å². The van der Waals surface area contributed by atoms with Gasteiger partial charge in [0.05, 0.1) is 0 Å². The van der Waals surface area contributed by atoms with Crippen LogP contribution < -0.4 is 10.6 Å². The number of hydrogen-bond acceptors (Lipinski definition) is 6. The van der Waals surface area contributed by atoms with E-state index in [-0.39, 0.29) is 5.54 Å². The van der Waals surface area contributed by atoms with Crippen LogP contribution in [0.15, 0.2) is 6.07 Å². The zero-order valence-corrected chi connectivity index (χ0v) is 15.9. The number of nitrogen functional groups attached to an aromatic ring is 1. The highest BCUT2D eigenvalue weighted by atomic mass is 16.2. The van der Waals surface area contributed by atoms with E-state index in [1.165, 1.54) is 12.8 Å². The van der Waals surface area contributed by atoms with Gasteiger partial charge in [0.1, 0.15) is 5.82 Å². The highest BCUT2D eigenvalue weighted by molar-refractivity contribution is 5.76. The van der Waals surface area contributed by atoms with Gasteiger partial charge in [-0.25, -0.2) is 4.98 Å². The molecule has 1 saturated carbocycles. The Morgan fingerprint density at radius 3 is 2.77 bits per heavy atom. The lowest BCUT2D eigenvalue weighted by atomic mass is 9.86. The average molecular weight is 358 g/mol.